The van der Waals surface area contributed by atoms with Crippen molar-refractivity contribution >= 4 is 50.5 Å². The summed E-state index contributed by atoms with van der Waals surface area (Å²) in [5.41, 5.74) is 1.66. The number of rotatable bonds is 5. The zero-order chi connectivity index (χ0) is 23.0. The molecule has 1 atom stereocenters. The van der Waals surface area contributed by atoms with Gasteiger partial charge in [-0.15, -0.1) is 11.3 Å². The number of benzene rings is 1. The number of hydrogen-bond acceptors (Lipinski definition) is 6. The van der Waals surface area contributed by atoms with E-state index in [2.05, 4.69) is 0 Å². The molecule has 172 valence electrons. The van der Waals surface area contributed by atoms with Crippen LogP contribution in [-0.2, 0) is 19.6 Å². The largest absolute Gasteiger partial charge is 0.495 e. The first-order valence-corrected chi connectivity index (χ1v) is 12.8. The Morgan fingerprint density at radius 2 is 1.88 bits per heavy atom. The van der Waals surface area contributed by atoms with Gasteiger partial charge in [0.05, 0.1) is 23.1 Å². The molecule has 2 amide bonds. The number of piperazine rings is 1. The molecule has 2 saturated heterocycles. The number of sulfonamides is 1. The number of hydrogen-bond donors (Lipinski definition) is 0. The van der Waals surface area contributed by atoms with Gasteiger partial charge in [0.15, 0.2) is 0 Å². The number of aryl methyl sites for hydroxylation is 1. The molecule has 2 fully saturated rings. The van der Waals surface area contributed by atoms with E-state index in [0.29, 0.717) is 15.8 Å². The van der Waals surface area contributed by atoms with E-state index in [-0.39, 0.29) is 55.2 Å². The molecular weight excluding hydrogens is 474 g/mol. The number of ether oxygens (including phenoxy) is 1. The Bertz CT molecular complexity index is 1140. The average molecular weight is 498 g/mol. The van der Waals surface area contributed by atoms with Crippen LogP contribution >= 0.6 is 22.9 Å². The molecule has 0 spiro atoms. The molecule has 4 rings (SSSR count). The molecule has 1 aromatic carbocycles. The third-order valence-electron chi connectivity index (χ3n) is 5.79. The lowest BCUT2D eigenvalue weighted by molar-refractivity contribution is -0.136. The highest BCUT2D eigenvalue weighted by atomic mass is 35.5. The minimum absolute atomic E-state index is 0.122. The summed E-state index contributed by atoms with van der Waals surface area (Å²) in [6.45, 7) is 3.21. The molecule has 2 aromatic rings. The van der Waals surface area contributed by atoms with E-state index < -0.39 is 15.9 Å². The molecule has 1 aromatic heterocycles. The number of thiophene rings is 1. The summed E-state index contributed by atoms with van der Waals surface area (Å²) in [6, 6.07) is 8.66. The van der Waals surface area contributed by atoms with Crippen molar-refractivity contribution in [1.82, 2.24) is 9.21 Å². The number of methoxy groups -OCH3 is 1. The van der Waals surface area contributed by atoms with E-state index in [0.717, 1.165) is 16.9 Å². The Kier molecular flexibility index (Phi) is 6.49. The van der Waals surface area contributed by atoms with Crippen LogP contribution in [0.1, 0.15) is 12.0 Å². The number of carbonyl (C=O) groups excluding carboxylic acids is 2. The van der Waals surface area contributed by atoms with E-state index in [4.69, 9.17) is 16.3 Å². The van der Waals surface area contributed by atoms with Crippen LogP contribution in [0.3, 0.4) is 0 Å². The highest BCUT2D eigenvalue weighted by molar-refractivity contribution is 7.91. The topological polar surface area (TPSA) is 87.2 Å². The molecule has 2 aliphatic heterocycles. The Morgan fingerprint density at radius 3 is 2.50 bits per heavy atom. The second-order valence-corrected chi connectivity index (χ2v) is 11.7. The fourth-order valence-electron chi connectivity index (χ4n) is 4.09. The molecule has 0 N–H and O–H groups in total. The molecule has 2 aliphatic rings. The van der Waals surface area contributed by atoms with Crippen molar-refractivity contribution in [2.24, 2.45) is 5.92 Å². The summed E-state index contributed by atoms with van der Waals surface area (Å²) < 4.78 is 32.9. The predicted molar refractivity (Wildman–Crippen MR) is 123 cm³/mol. The van der Waals surface area contributed by atoms with Crippen LogP contribution in [0.4, 0.5) is 5.69 Å². The van der Waals surface area contributed by atoms with Gasteiger partial charge >= 0.3 is 0 Å². The van der Waals surface area contributed by atoms with Crippen LogP contribution in [-0.4, -0.2) is 69.3 Å². The second-order valence-electron chi connectivity index (χ2n) is 7.87. The van der Waals surface area contributed by atoms with Crippen LogP contribution in [0.2, 0.25) is 4.34 Å². The lowest BCUT2D eigenvalue weighted by atomic mass is 10.1. The average Bonchev–Trinajstić information content (AvgIpc) is 3.39. The summed E-state index contributed by atoms with van der Waals surface area (Å²) >= 11 is 6.90. The monoisotopic (exact) mass is 497 g/mol. The van der Waals surface area contributed by atoms with Crippen LogP contribution < -0.4 is 9.64 Å². The molecule has 8 nitrogen and oxygen atoms in total. The quantitative estimate of drug-likeness (QED) is 0.633. The van der Waals surface area contributed by atoms with Crippen molar-refractivity contribution in [1.29, 1.82) is 0 Å². The van der Waals surface area contributed by atoms with Crippen molar-refractivity contribution in [2.45, 2.75) is 17.6 Å². The van der Waals surface area contributed by atoms with Gasteiger partial charge in [-0.1, -0.05) is 17.7 Å². The first-order valence-electron chi connectivity index (χ1n) is 10.2. The zero-order valence-corrected chi connectivity index (χ0v) is 20.2. The maximum Gasteiger partial charge on any atom is 0.252 e. The Balaban J connectivity index is 1.41. The smallest absolute Gasteiger partial charge is 0.252 e. The van der Waals surface area contributed by atoms with Crippen molar-refractivity contribution in [3.63, 3.8) is 0 Å². The summed E-state index contributed by atoms with van der Waals surface area (Å²) in [7, 11) is -2.07. The van der Waals surface area contributed by atoms with Gasteiger partial charge in [0.1, 0.15) is 9.96 Å². The molecule has 32 heavy (non-hydrogen) atoms. The highest BCUT2D eigenvalue weighted by Gasteiger charge is 2.40. The molecule has 0 bridgehead atoms. The third-order valence-corrected chi connectivity index (χ3v) is 9.39. The Hall–Kier alpha value is -2.14. The minimum atomic E-state index is -3.62. The predicted octanol–water partition coefficient (Wildman–Crippen LogP) is 2.60. The van der Waals surface area contributed by atoms with E-state index in [1.54, 1.807) is 23.0 Å². The number of anilines is 1. The van der Waals surface area contributed by atoms with Crippen molar-refractivity contribution in [2.75, 3.05) is 44.7 Å². The minimum Gasteiger partial charge on any atom is -0.495 e. The van der Waals surface area contributed by atoms with Gasteiger partial charge in [-0.25, -0.2) is 8.42 Å². The van der Waals surface area contributed by atoms with E-state index in [9.17, 15) is 18.0 Å². The van der Waals surface area contributed by atoms with Gasteiger partial charge in [-0.05, 0) is 36.8 Å². The maximum atomic E-state index is 13.1. The van der Waals surface area contributed by atoms with Crippen molar-refractivity contribution in [3.8, 4) is 5.75 Å². The molecule has 0 radical (unpaired) electrons. The van der Waals surface area contributed by atoms with E-state index in [1.807, 2.05) is 25.1 Å². The van der Waals surface area contributed by atoms with Crippen molar-refractivity contribution in [3.05, 3.63) is 40.2 Å². The Morgan fingerprint density at radius 1 is 1.16 bits per heavy atom. The van der Waals surface area contributed by atoms with Crippen LogP contribution in [0.25, 0.3) is 0 Å². The van der Waals surface area contributed by atoms with Gasteiger partial charge < -0.3 is 14.5 Å². The normalized spacial score (nSPS) is 20.1. The summed E-state index contributed by atoms with van der Waals surface area (Å²) in [5, 5.41) is 0. The molecule has 0 aliphatic carbocycles. The van der Waals surface area contributed by atoms with Gasteiger partial charge in [0, 0.05) is 39.1 Å². The van der Waals surface area contributed by atoms with Crippen LogP contribution in [0, 0.1) is 12.8 Å². The fourth-order valence-corrected chi connectivity index (χ4v) is 7.15. The van der Waals surface area contributed by atoms with Gasteiger partial charge in [0.2, 0.25) is 11.8 Å². The molecule has 3 heterocycles. The maximum absolute atomic E-state index is 13.1. The summed E-state index contributed by atoms with van der Waals surface area (Å²) in [5.74, 6) is -0.122. The number of nitrogens with zero attached hydrogens (tertiary/aromatic N) is 3. The molecule has 0 saturated carbocycles. The molecular formula is C21H24ClN3O5S2. The van der Waals surface area contributed by atoms with Crippen LogP contribution in [0.15, 0.2) is 34.5 Å². The summed E-state index contributed by atoms with van der Waals surface area (Å²) in [6.07, 6.45) is 0.127. The number of halogens is 1. The first kappa shape index (κ1) is 23.0. The van der Waals surface area contributed by atoms with Gasteiger partial charge in [0.25, 0.3) is 10.0 Å². The molecule has 0 unspecified atom stereocenters. The van der Waals surface area contributed by atoms with Gasteiger partial charge in [-0.3, -0.25) is 9.59 Å². The first-order chi connectivity index (χ1) is 15.2. The molecule has 11 heteroatoms. The standard InChI is InChI=1S/C21H24ClN3O5S2/c1-14-3-4-17(30-2)16(11-14)25-13-15(12-19(25)26)21(27)23-7-9-24(10-8-23)32(28,29)20-6-5-18(22)31-20/h3-6,11,15H,7-10,12-13H2,1-2H3/t15-/m0/s1. The lowest BCUT2D eigenvalue weighted by Gasteiger charge is -2.35. The summed E-state index contributed by atoms with van der Waals surface area (Å²) in [4.78, 5) is 29.1. The highest BCUT2D eigenvalue weighted by Crippen LogP contribution is 2.35. The van der Waals surface area contributed by atoms with E-state index >= 15 is 0 Å². The number of carbonyl (C=O) groups is 2. The Labute approximate surface area is 196 Å². The SMILES string of the molecule is COc1ccc(C)cc1N1C[C@@H](C(=O)N2CCN(S(=O)(=O)c3ccc(Cl)s3)CC2)CC1=O. The zero-order valence-electron chi connectivity index (χ0n) is 17.8. The third kappa shape index (κ3) is 4.36. The van der Waals surface area contributed by atoms with E-state index in [1.165, 1.54) is 10.4 Å². The van der Waals surface area contributed by atoms with Gasteiger partial charge in [-0.2, -0.15) is 4.31 Å². The second kappa shape index (κ2) is 9.01. The lowest BCUT2D eigenvalue weighted by Crippen LogP contribution is -2.52. The van der Waals surface area contributed by atoms with Crippen LogP contribution in [0.5, 0.6) is 5.75 Å². The fraction of sp³-hybridized carbons (Fsp3) is 0.429. The number of amides is 2. The van der Waals surface area contributed by atoms with Crippen molar-refractivity contribution < 1.29 is 22.7 Å².